The number of nitrogens with zero attached hydrogens (tertiary/aromatic N) is 1. The predicted octanol–water partition coefficient (Wildman–Crippen LogP) is 1.51. The highest BCUT2D eigenvalue weighted by molar-refractivity contribution is 5.76. The van der Waals surface area contributed by atoms with Crippen LogP contribution < -0.4 is 5.32 Å². The molecule has 1 atom stereocenters. The molecule has 0 aromatic carbocycles. The summed E-state index contributed by atoms with van der Waals surface area (Å²) in [6.45, 7) is 8.74. The maximum absolute atomic E-state index is 12.2. The first-order valence-corrected chi connectivity index (χ1v) is 7.14. The highest BCUT2D eigenvalue weighted by Gasteiger charge is 2.20. The minimum absolute atomic E-state index is 0.278. The van der Waals surface area contributed by atoms with Crippen LogP contribution in [-0.4, -0.2) is 50.7 Å². The van der Waals surface area contributed by atoms with Crippen molar-refractivity contribution in [3.63, 3.8) is 0 Å². The zero-order chi connectivity index (χ0) is 13.4. The summed E-state index contributed by atoms with van der Waals surface area (Å²) in [5, 5.41) is 3.36. The Kier molecular flexibility index (Phi) is 7.28. The van der Waals surface area contributed by atoms with Gasteiger partial charge < -0.3 is 15.0 Å². The van der Waals surface area contributed by atoms with Crippen LogP contribution in [0.15, 0.2) is 0 Å². The molecular weight excluding hydrogens is 228 g/mol. The van der Waals surface area contributed by atoms with Gasteiger partial charge in [-0.05, 0) is 44.7 Å². The van der Waals surface area contributed by atoms with Gasteiger partial charge in [0.25, 0.3) is 0 Å². The molecule has 18 heavy (non-hydrogen) atoms. The van der Waals surface area contributed by atoms with Gasteiger partial charge in [-0.2, -0.15) is 0 Å². The zero-order valence-corrected chi connectivity index (χ0v) is 12.1. The Bertz CT molecular complexity index is 240. The van der Waals surface area contributed by atoms with E-state index in [4.69, 9.17) is 4.74 Å². The first-order chi connectivity index (χ1) is 8.67. The van der Waals surface area contributed by atoms with E-state index >= 15 is 0 Å². The van der Waals surface area contributed by atoms with Gasteiger partial charge in [0.2, 0.25) is 5.91 Å². The summed E-state index contributed by atoms with van der Waals surface area (Å²) in [4.78, 5) is 14.2. The molecule has 4 nitrogen and oxygen atoms in total. The smallest absolute Gasteiger partial charge is 0.222 e. The predicted molar refractivity (Wildman–Crippen MR) is 73.5 cm³/mol. The molecule has 1 N–H and O–H groups in total. The molecule has 1 amide bonds. The third-order valence-electron chi connectivity index (χ3n) is 3.65. The van der Waals surface area contributed by atoms with E-state index in [9.17, 15) is 4.79 Å². The fourth-order valence-corrected chi connectivity index (χ4v) is 2.55. The summed E-state index contributed by atoms with van der Waals surface area (Å²) in [5.74, 6) is 1.26. The molecule has 1 fully saturated rings. The maximum Gasteiger partial charge on any atom is 0.222 e. The van der Waals surface area contributed by atoms with Crippen LogP contribution in [0.4, 0.5) is 0 Å². The van der Waals surface area contributed by atoms with Gasteiger partial charge in [-0.25, -0.2) is 0 Å². The molecule has 1 aliphatic rings. The third kappa shape index (κ3) is 5.36. The van der Waals surface area contributed by atoms with Gasteiger partial charge in [-0.1, -0.05) is 6.92 Å². The number of hydrogen-bond acceptors (Lipinski definition) is 3. The largest absolute Gasteiger partial charge is 0.384 e. The molecule has 1 unspecified atom stereocenters. The molecule has 1 saturated heterocycles. The molecular formula is C14H28N2O2. The molecule has 0 aliphatic carbocycles. The second kappa shape index (κ2) is 8.48. The van der Waals surface area contributed by atoms with Gasteiger partial charge in [0.15, 0.2) is 0 Å². The lowest BCUT2D eigenvalue weighted by Gasteiger charge is -2.30. The van der Waals surface area contributed by atoms with Crippen molar-refractivity contribution in [2.24, 2.45) is 11.8 Å². The summed E-state index contributed by atoms with van der Waals surface area (Å²) in [6, 6.07) is 0. The molecule has 4 heteroatoms. The first kappa shape index (κ1) is 15.4. The Morgan fingerprint density at radius 3 is 2.67 bits per heavy atom. The average molecular weight is 256 g/mol. The number of hydrogen-bond donors (Lipinski definition) is 1. The van der Waals surface area contributed by atoms with Crippen LogP contribution in [-0.2, 0) is 9.53 Å². The molecule has 0 aromatic rings. The van der Waals surface area contributed by atoms with Crippen LogP contribution >= 0.6 is 0 Å². The second-order valence-corrected chi connectivity index (χ2v) is 5.39. The maximum atomic E-state index is 12.2. The van der Waals surface area contributed by atoms with Gasteiger partial charge in [0.05, 0.1) is 0 Å². The Morgan fingerprint density at radius 1 is 1.44 bits per heavy atom. The molecule has 0 bridgehead atoms. The Labute approximate surface area is 111 Å². The van der Waals surface area contributed by atoms with Gasteiger partial charge in [0.1, 0.15) is 0 Å². The fourth-order valence-electron chi connectivity index (χ4n) is 2.55. The molecule has 106 valence electrons. The number of methoxy groups -OCH3 is 1. The van der Waals surface area contributed by atoms with Crippen molar-refractivity contribution in [2.75, 3.05) is 39.9 Å². The number of carbonyl (C=O) groups excluding carboxylic acids is 1. The quantitative estimate of drug-likeness (QED) is 0.750. The number of ether oxygens (including phenoxy) is 1. The van der Waals surface area contributed by atoms with E-state index in [0.717, 1.165) is 26.2 Å². The minimum Gasteiger partial charge on any atom is -0.384 e. The van der Waals surface area contributed by atoms with Crippen LogP contribution in [0.1, 0.15) is 33.1 Å². The summed E-state index contributed by atoms with van der Waals surface area (Å²) in [6.07, 6.45) is 2.99. The van der Waals surface area contributed by atoms with Gasteiger partial charge in [0, 0.05) is 33.2 Å². The summed E-state index contributed by atoms with van der Waals surface area (Å²) >= 11 is 0. The second-order valence-electron chi connectivity index (χ2n) is 5.39. The number of amides is 1. The van der Waals surface area contributed by atoms with E-state index in [-0.39, 0.29) is 5.91 Å². The molecule has 0 radical (unpaired) electrons. The van der Waals surface area contributed by atoms with E-state index in [2.05, 4.69) is 19.2 Å². The van der Waals surface area contributed by atoms with Crippen LogP contribution in [0.2, 0.25) is 0 Å². The highest BCUT2D eigenvalue weighted by atomic mass is 16.5. The lowest BCUT2D eigenvalue weighted by molar-refractivity contribution is -0.133. The zero-order valence-electron chi connectivity index (χ0n) is 12.1. The van der Waals surface area contributed by atoms with E-state index in [1.54, 1.807) is 7.11 Å². The molecule has 1 aliphatic heterocycles. The SMILES string of the molecule is CCN(CC1CCNCC1)C(=O)CC(C)COC. The highest BCUT2D eigenvalue weighted by Crippen LogP contribution is 2.15. The van der Waals surface area contributed by atoms with E-state index in [1.807, 2.05) is 4.90 Å². The number of rotatable bonds is 7. The molecule has 1 heterocycles. The van der Waals surface area contributed by atoms with E-state index in [0.29, 0.717) is 24.9 Å². The van der Waals surface area contributed by atoms with Crippen LogP contribution in [0.3, 0.4) is 0 Å². The lowest BCUT2D eigenvalue weighted by atomic mass is 9.97. The van der Waals surface area contributed by atoms with Crippen molar-refractivity contribution in [2.45, 2.75) is 33.1 Å². The summed E-state index contributed by atoms with van der Waals surface area (Å²) in [7, 11) is 1.69. The first-order valence-electron chi connectivity index (χ1n) is 7.14. The molecule has 0 saturated carbocycles. The van der Waals surface area contributed by atoms with Gasteiger partial charge >= 0.3 is 0 Å². The van der Waals surface area contributed by atoms with Crippen LogP contribution in [0.5, 0.6) is 0 Å². The Balaban J connectivity index is 2.36. The monoisotopic (exact) mass is 256 g/mol. The lowest BCUT2D eigenvalue weighted by Crippen LogP contribution is -2.39. The fraction of sp³-hybridized carbons (Fsp3) is 0.929. The van der Waals surface area contributed by atoms with E-state index in [1.165, 1.54) is 12.8 Å². The summed E-state index contributed by atoms with van der Waals surface area (Å²) in [5.41, 5.74) is 0. The Hall–Kier alpha value is -0.610. The molecule has 0 aromatic heterocycles. The number of carbonyl (C=O) groups is 1. The minimum atomic E-state index is 0.278. The molecule has 0 spiro atoms. The topological polar surface area (TPSA) is 41.6 Å². The summed E-state index contributed by atoms with van der Waals surface area (Å²) < 4.78 is 5.09. The van der Waals surface area contributed by atoms with Crippen molar-refractivity contribution in [1.29, 1.82) is 0 Å². The van der Waals surface area contributed by atoms with Crippen LogP contribution in [0, 0.1) is 11.8 Å². The average Bonchev–Trinajstić information content (AvgIpc) is 2.37. The van der Waals surface area contributed by atoms with Crippen molar-refractivity contribution < 1.29 is 9.53 Å². The van der Waals surface area contributed by atoms with Crippen molar-refractivity contribution >= 4 is 5.91 Å². The number of piperidine rings is 1. The molecule has 1 rings (SSSR count). The van der Waals surface area contributed by atoms with E-state index < -0.39 is 0 Å². The van der Waals surface area contributed by atoms with Crippen molar-refractivity contribution in [3.05, 3.63) is 0 Å². The normalized spacial score (nSPS) is 18.6. The van der Waals surface area contributed by atoms with Gasteiger partial charge in [-0.3, -0.25) is 4.79 Å². The number of nitrogens with one attached hydrogen (secondary N) is 1. The van der Waals surface area contributed by atoms with Crippen molar-refractivity contribution in [3.8, 4) is 0 Å². The third-order valence-corrected chi connectivity index (χ3v) is 3.65. The van der Waals surface area contributed by atoms with Gasteiger partial charge in [-0.15, -0.1) is 0 Å². The Morgan fingerprint density at radius 2 is 2.11 bits per heavy atom. The van der Waals surface area contributed by atoms with Crippen LogP contribution in [0.25, 0.3) is 0 Å². The van der Waals surface area contributed by atoms with Crippen molar-refractivity contribution in [1.82, 2.24) is 10.2 Å². The standard InChI is InChI=1S/C14H28N2O2/c1-4-16(10-13-5-7-15-8-6-13)14(17)9-12(2)11-18-3/h12-13,15H,4-11H2,1-3H3.